The van der Waals surface area contributed by atoms with Crippen molar-refractivity contribution >= 4 is 17.3 Å². The number of nitrogens with one attached hydrogen (secondary N) is 1. The van der Waals surface area contributed by atoms with Crippen LogP contribution >= 0.6 is 0 Å². The molecule has 19 heavy (non-hydrogen) atoms. The van der Waals surface area contributed by atoms with Crippen LogP contribution in [0.5, 0.6) is 0 Å². The van der Waals surface area contributed by atoms with Crippen molar-refractivity contribution in [3.8, 4) is 6.07 Å². The highest BCUT2D eigenvalue weighted by Crippen LogP contribution is 2.18. The molecule has 102 valence electrons. The van der Waals surface area contributed by atoms with Crippen LogP contribution in [0, 0.1) is 17.1 Å². The first kappa shape index (κ1) is 14.9. The van der Waals surface area contributed by atoms with Crippen molar-refractivity contribution in [2.45, 2.75) is 19.4 Å². The number of nitrogen functional groups attached to an aromatic ring is 1. The normalized spacial score (nSPS) is 11.9. The topological polar surface area (TPSA) is 82.2 Å². The quantitative estimate of drug-likeness (QED) is 0.791. The van der Waals surface area contributed by atoms with Gasteiger partial charge in [-0.1, -0.05) is 0 Å². The Hall–Kier alpha value is -2.13. The maximum Gasteiger partial charge on any atom is 0.238 e. The third-order valence-corrected chi connectivity index (χ3v) is 2.82. The first-order valence-corrected chi connectivity index (χ1v) is 5.86. The highest BCUT2D eigenvalue weighted by molar-refractivity contribution is 5.95. The van der Waals surface area contributed by atoms with Gasteiger partial charge in [-0.05, 0) is 32.2 Å². The van der Waals surface area contributed by atoms with Gasteiger partial charge in [-0.2, -0.15) is 5.26 Å². The van der Waals surface area contributed by atoms with E-state index in [1.807, 2.05) is 6.92 Å². The zero-order valence-corrected chi connectivity index (χ0v) is 11.0. The molecule has 0 bridgehead atoms. The number of hydrogen-bond acceptors (Lipinski definition) is 4. The first-order valence-electron chi connectivity index (χ1n) is 5.86. The van der Waals surface area contributed by atoms with Gasteiger partial charge in [0.2, 0.25) is 5.91 Å². The van der Waals surface area contributed by atoms with E-state index in [0.29, 0.717) is 12.1 Å². The number of anilines is 2. The number of amides is 1. The second-order valence-corrected chi connectivity index (χ2v) is 4.41. The number of likely N-dealkylation sites (N-methyl/N-ethyl adjacent to an activating group) is 1. The molecule has 1 unspecified atom stereocenters. The van der Waals surface area contributed by atoms with Crippen molar-refractivity contribution < 1.29 is 9.18 Å². The molecule has 1 aromatic carbocycles. The lowest BCUT2D eigenvalue weighted by molar-refractivity contribution is -0.117. The van der Waals surface area contributed by atoms with Crippen LogP contribution in [0.1, 0.15) is 13.3 Å². The molecule has 1 rings (SSSR count). The number of nitriles is 1. The van der Waals surface area contributed by atoms with Crippen molar-refractivity contribution in [2.75, 3.05) is 24.6 Å². The lowest BCUT2D eigenvalue weighted by Gasteiger charge is -2.21. The minimum Gasteiger partial charge on any atom is -0.397 e. The van der Waals surface area contributed by atoms with Crippen LogP contribution in [-0.4, -0.2) is 30.4 Å². The highest BCUT2D eigenvalue weighted by Gasteiger charge is 2.13. The van der Waals surface area contributed by atoms with Crippen LogP contribution in [0.4, 0.5) is 15.8 Å². The Morgan fingerprint density at radius 2 is 2.32 bits per heavy atom. The molecule has 0 heterocycles. The van der Waals surface area contributed by atoms with Gasteiger partial charge in [0.05, 0.1) is 30.4 Å². The summed E-state index contributed by atoms with van der Waals surface area (Å²) < 4.78 is 12.9. The molecule has 0 radical (unpaired) electrons. The molecular formula is C13H17FN4O. The van der Waals surface area contributed by atoms with E-state index in [1.165, 1.54) is 12.1 Å². The fourth-order valence-corrected chi connectivity index (χ4v) is 1.51. The molecule has 6 heteroatoms. The number of nitrogens with two attached hydrogens (primary N) is 1. The van der Waals surface area contributed by atoms with Crippen molar-refractivity contribution in [1.29, 1.82) is 5.26 Å². The van der Waals surface area contributed by atoms with Gasteiger partial charge < -0.3 is 11.1 Å². The molecule has 0 saturated heterocycles. The van der Waals surface area contributed by atoms with E-state index in [4.69, 9.17) is 11.0 Å². The van der Waals surface area contributed by atoms with E-state index >= 15 is 0 Å². The van der Waals surface area contributed by atoms with Gasteiger partial charge in [0.25, 0.3) is 0 Å². The zero-order valence-electron chi connectivity index (χ0n) is 11.0. The van der Waals surface area contributed by atoms with Gasteiger partial charge in [0.15, 0.2) is 0 Å². The number of halogens is 1. The Morgan fingerprint density at radius 3 is 2.89 bits per heavy atom. The van der Waals surface area contributed by atoms with Crippen LogP contribution in [0.2, 0.25) is 0 Å². The Bertz CT molecular complexity index is 498. The van der Waals surface area contributed by atoms with E-state index in [-0.39, 0.29) is 24.2 Å². The van der Waals surface area contributed by atoms with Gasteiger partial charge in [0.1, 0.15) is 5.82 Å². The lowest BCUT2D eigenvalue weighted by atomic mass is 10.2. The number of rotatable bonds is 5. The van der Waals surface area contributed by atoms with Crippen molar-refractivity contribution in [3.05, 3.63) is 24.0 Å². The second kappa shape index (κ2) is 6.71. The number of hydrogen-bond donors (Lipinski definition) is 2. The maximum absolute atomic E-state index is 12.9. The van der Waals surface area contributed by atoms with E-state index in [2.05, 4.69) is 11.4 Å². The molecule has 0 fully saturated rings. The summed E-state index contributed by atoms with van der Waals surface area (Å²) in [7, 11) is 1.76. The fourth-order valence-electron chi connectivity index (χ4n) is 1.51. The summed E-state index contributed by atoms with van der Waals surface area (Å²) in [6.07, 6.45) is 0.350. The summed E-state index contributed by atoms with van der Waals surface area (Å²) in [5, 5.41) is 11.2. The molecule has 1 amide bonds. The average molecular weight is 264 g/mol. The van der Waals surface area contributed by atoms with E-state index in [1.54, 1.807) is 11.9 Å². The summed E-state index contributed by atoms with van der Waals surface area (Å²) in [5.41, 5.74) is 6.16. The van der Waals surface area contributed by atoms with E-state index < -0.39 is 5.82 Å². The lowest BCUT2D eigenvalue weighted by Crippen LogP contribution is -2.36. The van der Waals surface area contributed by atoms with Crippen LogP contribution in [0.25, 0.3) is 0 Å². The minimum atomic E-state index is -0.449. The Balaban J connectivity index is 2.58. The van der Waals surface area contributed by atoms with Crippen molar-refractivity contribution in [3.63, 3.8) is 0 Å². The van der Waals surface area contributed by atoms with Gasteiger partial charge in [-0.25, -0.2) is 4.39 Å². The summed E-state index contributed by atoms with van der Waals surface area (Å²) in [4.78, 5) is 13.5. The van der Waals surface area contributed by atoms with Crippen LogP contribution in [0.3, 0.4) is 0 Å². The predicted octanol–water partition coefficient (Wildman–Crippen LogP) is 1.58. The van der Waals surface area contributed by atoms with Crippen LogP contribution in [-0.2, 0) is 4.79 Å². The van der Waals surface area contributed by atoms with Crippen molar-refractivity contribution in [1.82, 2.24) is 4.90 Å². The van der Waals surface area contributed by atoms with Crippen LogP contribution < -0.4 is 11.1 Å². The largest absolute Gasteiger partial charge is 0.397 e. The molecule has 1 atom stereocenters. The molecular weight excluding hydrogens is 247 g/mol. The molecule has 1 aromatic rings. The molecule has 0 aromatic heterocycles. The average Bonchev–Trinajstić information content (AvgIpc) is 2.33. The smallest absolute Gasteiger partial charge is 0.238 e. The monoisotopic (exact) mass is 264 g/mol. The predicted molar refractivity (Wildman–Crippen MR) is 71.8 cm³/mol. The Morgan fingerprint density at radius 1 is 1.63 bits per heavy atom. The molecule has 0 spiro atoms. The SMILES string of the molecule is CC(CC#N)N(C)CC(=O)Nc1ccc(F)cc1N. The van der Waals surface area contributed by atoms with Gasteiger partial charge in [-0.3, -0.25) is 9.69 Å². The summed E-state index contributed by atoms with van der Waals surface area (Å²) in [6, 6.07) is 5.84. The van der Waals surface area contributed by atoms with Gasteiger partial charge in [0, 0.05) is 6.04 Å². The number of carbonyl (C=O) groups is 1. The van der Waals surface area contributed by atoms with Crippen LogP contribution in [0.15, 0.2) is 18.2 Å². The Labute approximate surface area is 111 Å². The fraction of sp³-hybridized carbons (Fsp3) is 0.385. The van der Waals surface area contributed by atoms with E-state index in [0.717, 1.165) is 6.07 Å². The third-order valence-electron chi connectivity index (χ3n) is 2.82. The van der Waals surface area contributed by atoms with E-state index in [9.17, 15) is 9.18 Å². The standard InChI is InChI=1S/C13H17FN4O/c1-9(5-6-15)18(2)8-13(19)17-12-4-3-10(14)7-11(12)16/h3-4,7,9H,5,8,16H2,1-2H3,(H,17,19). The number of nitrogens with zero attached hydrogens (tertiary/aromatic N) is 2. The minimum absolute atomic E-state index is 0.0127. The number of carbonyl (C=O) groups excluding carboxylic acids is 1. The van der Waals surface area contributed by atoms with Gasteiger partial charge in [-0.15, -0.1) is 0 Å². The summed E-state index contributed by atoms with van der Waals surface area (Å²) in [6.45, 7) is 2.00. The summed E-state index contributed by atoms with van der Waals surface area (Å²) in [5.74, 6) is -0.708. The molecule has 0 aliphatic carbocycles. The second-order valence-electron chi connectivity index (χ2n) is 4.41. The first-order chi connectivity index (χ1) is 8.93. The molecule has 3 N–H and O–H groups in total. The van der Waals surface area contributed by atoms with Gasteiger partial charge >= 0.3 is 0 Å². The van der Waals surface area contributed by atoms with Crippen molar-refractivity contribution in [2.24, 2.45) is 0 Å². The molecule has 0 saturated carbocycles. The number of benzene rings is 1. The molecule has 5 nitrogen and oxygen atoms in total. The molecule has 0 aliphatic heterocycles. The molecule has 0 aliphatic rings. The third kappa shape index (κ3) is 4.56. The zero-order chi connectivity index (χ0) is 14.4. The highest BCUT2D eigenvalue weighted by atomic mass is 19.1. The Kier molecular flexibility index (Phi) is 5.27. The summed E-state index contributed by atoms with van der Waals surface area (Å²) >= 11 is 0. The maximum atomic E-state index is 12.9.